The molecule has 0 saturated heterocycles. The van der Waals surface area contributed by atoms with Crippen LogP contribution in [0.3, 0.4) is 0 Å². The largest absolute Gasteiger partial charge is 0.348 e. The number of unbranched alkanes of at least 4 members (excludes halogenated alkanes) is 3. The van der Waals surface area contributed by atoms with Crippen molar-refractivity contribution in [2.45, 2.75) is 59.4 Å². The molecule has 0 aliphatic rings. The van der Waals surface area contributed by atoms with E-state index < -0.39 is 0 Å². The number of hydrogen-bond donors (Lipinski definition) is 1. The number of rotatable bonds is 8. The van der Waals surface area contributed by atoms with E-state index in [0.717, 1.165) is 18.7 Å². The van der Waals surface area contributed by atoms with Crippen LogP contribution in [0.4, 0.5) is 0 Å². The monoisotopic (exact) mass is 265 g/mol. The molecule has 0 fully saturated rings. The zero-order valence-electron chi connectivity index (χ0n) is 12.7. The second kappa shape index (κ2) is 7.31. The van der Waals surface area contributed by atoms with Crippen LogP contribution in [0.5, 0.6) is 0 Å². The summed E-state index contributed by atoms with van der Waals surface area (Å²) in [7, 11) is 1.93. The van der Waals surface area contributed by atoms with Gasteiger partial charge in [-0.3, -0.25) is 4.79 Å². The van der Waals surface area contributed by atoms with E-state index in [1.807, 2.05) is 31.7 Å². The molecule has 0 bridgehead atoms. The predicted octanol–water partition coefficient (Wildman–Crippen LogP) is 3.03. The van der Waals surface area contributed by atoms with E-state index in [4.69, 9.17) is 0 Å². The van der Waals surface area contributed by atoms with E-state index in [-0.39, 0.29) is 11.3 Å². The average Bonchev–Trinajstić information content (AvgIpc) is 2.77. The van der Waals surface area contributed by atoms with E-state index in [9.17, 15) is 4.79 Å². The van der Waals surface area contributed by atoms with Gasteiger partial charge in [-0.2, -0.15) is 0 Å². The molecule has 1 aromatic rings. The van der Waals surface area contributed by atoms with Crippen molar-refractivity contribution in [1.82, 2.24) is 14.9 Å². The minimum atomic E-state index is -0.293. The first-order valence-electron chi connectivity index (χ1n) is 7.22. The quantitative estimate of drug-likeness (QED) is 0.734. The molecule has 4 nitrogen and oxygen atoms in total. The number of nitrogens with zero attached hydrogens (tertiary/aromatic N) is 2. The van der Waals surface area contributed by atoms with Crippen molar-refractivity contribution in [1.29, 1.82) is 0 Å². The van der Waals surface area contributed by atoms with E-state index in [1.54, 1.807) is 6.20 Å². The Labute approximate surface area is 116 Å². The number of aromatic nitrogens is 2. The molecular formula is C15H27N3O. The van der Waals surface area contributed by atoms with Gasteiger partial charge in [0.2, 0.25) is 5.91 Å². The normalized spacial score (nSPS) is 11.6. The van der Waals surface area contributed by atoms with Crippen LogP contribution in [0.15, 0.2) is 12.4 Å². The SMILES string of the molecule is CCCCCCC(C)(C)C(=O)NCc1nccn1C. The third-order valence-electron chi connectivity index (χ3n) is 3.60. The van der Waals surface area contributed by atoms with Gasteiger partial charge in [-0.25, -0.2) is 4.98 Å². The maximum absolute atomic E-state index is 12.2. The molecule has 4 heteroatoms. The Bertz CT molecular complexity index is 396. The third kappa shape index (κ3) is 5.05. The van der Waals surface area contributed by atoms with Crippen molar-refractivity contribution in [3.8, 4) is 0 Å². The first-order chi connectivity index (χ1) is 8.97. The highest BCUT2D eigenvalue weighted by atomic mass is 16.2. The van der Waals surface area contributed by atoms with Gasteiger partial charge in [-0.1, -0.05) is 46.5 Å². The van der Waals surface area contributed by atoms with Crippen molar-refractivity contribution in [3.05, 3.63) is 18.2 Å². The smallest absolute Gasteiger partial charge is 0.226 e. The van der Waals surface area contributed by atoms with Crippen LogP contribution in [-0.4, -0.2) is 15.5 Å². The molecule has 1 amide bonds. The number of hydrogen-bond acceptors (Lipinski definition) is 2. The van der Waals surface area contributed by atoms with Gasteiger partial charge in [0.15, 0.2) is 0 Å². The van der Waals surface area contributed by atoms with Gasteiger partial charge in [0, 0.05) is 24.9 Å². The zero-order valence-corrected chi connectivity index (χ0v) is 12.7. The molecule has 0 radical (unpaired) electrons. The Balaban J connectivity index is 2.36. The fourth-order valence-electron chi connectivity index (χ4n) is 2.07. The number of nitrogens with one attached hydrogen (secondary N) is 1. The van der Waals surface area contributed by atoms with Gasteiger partial charge in [0.05, 0.1) is 6.54 Å². The minimum Gasteiger partial charge on any atom is -0.348 e. The molecule has 1 rings (SSSR count). The van der Waals surface area contributed by atoms with Crippen LogP contribution in [0.25, 0.3) is 0 Å². The Kier molecular flexibility index (Phi) is 6.06. The molecule has 1 heterocycles. The van der Waals surface area contributed by atoms with E-state index in [1.165, 1.54) is 19.3 Å². The van der Waals surface area contributed by atoms with E-state index in [0.29, 0.717) is 6.54 Å². The molecule has 1 N–H and O–H groups in total. The Morgan fingerprint density at radius 2 is 2.11 bits per heavy atom. The van der Waals surface area contributed by atoms with Crippen LogP contribution in [0.2, 0.25) is 0 Å². The lowest BCUT2D eigenvalue weighted by molar-refractivity contribution is -0.130. The molecule has 1 aromatic heterocycles. The van der Waals surface area contributed by atoms with Crippen LogP contribution in [0.1, 0.15) is 58.7 Å². The molecule has 0 aliphatic carbocycles. The summed E-state index contributed by atoms with van der Waals surface area (Å²) >= 11 is 0. The molecule has 108 valence electrons. The number of aryl methyl sites for hydroxylation is 1. The molecule has 0 aliphatic heterocycles. The van der Waals surface area contributed by atoms with E-state index >= 15 is 0 Å². The van der Waals surface area contributed by atoms with Crippen LogP contribution in [0, 0.1) is 5.41 Å². The lowest BCUT2D eigenvalue weighted by Crippen LogP contribution is -2.37. The van der Waals surface area contributed by atoms with Crippen LogP contribution >= 0.6 is 0 Å². The Morgan fingerprint density at radius 3 is 2.68 bits per heavy atom. The van der Waals surface area contributed by atoms with Crippen molar-refractivity contribution in [2.75, 3.05) is 0 Å². The summed E-state index contributed by atoms with van der Waals surface area (Å²) in [6.07, 6.45) is 9.40. The highest BCUT2D eigenvalue weighted by Gasteiger charge is 2.26. The summed E-state index contributed by atoms with van der Waals surface area (Å²) < 4.78 is 1.93. The fourth-order valence-corrected chi connectivity index (χ4v) is 2.07. The number of amides is 1. The van der Waals surface area contributed by atoms with Crippen molar-refractivity contribution in [2.24, 2.45) is 12.5 Å². The Hall–Kier alpha value is -1.32. The zero-order chi connectivity index (χ0) is 14.3. The molecular weight excluding hydrogens is 238 g/mol. The van der Waals surface area contributed by atoms with Crippen molar-refractivity contribution >= 4 is 5.91 Å². The van der Waals surface area contributed by atoms with Gasteiger partial charge in [-0.05, 0) is 6.42 Å². The van der Waals surface area contributed by atoms with Gasteiger partial charge in [0.25, 0.3) is 0 Å². The maximum Gasteiger partial charge on any atom is 0.226 e. The van der Waals surface area contributed by atoms with Crippen molar-refractivity contribution in [3.63, 3.8) is 0 Å². The number of carbonyl (C=O) groups is 1. The first kappa shape index (κ1) is 15.7. The molecule has 0 atom stereocenters. The second-order valence-corrected chi connectivity index (χ2v) is 5.83. The molecule has 0 saturated carbocycles. The molecule has 0 unspecified atom stereocenters. The van der Waals surface area contributed by atoms with Crippen LogP contribution in [-0.2, 0) is 18.4 Å². The third-order valence-corrected chi connectivity index (χ3v) is 3.60. The predicted molar refractivity (Wildman–Crippen MR) is 77.6 cm³/mol. The van der Waals surface area contributed by atoms with Gasteiger partial charge in [0.1, 0.15) is 5.82 Å². The summed E-state index contributed by atoms with van der Waals surface area (Å²) in [5.41, 5.74) is -0.293. The summed E-state index contributed by atoms with van der Waals surface area (Å²) in [5.74, 6) is 1.00. The second-order valence-electron chi connectivity index (χ2n) is 5.83. The topological polar surface area (TPSA) is 46.9 Å². The Morgan fingerprint density at radius 1 is 1.37 bits per heavy atom. The minimum absolute atomic E-state index is 0.118. The highest BCUT2D eigenvalue weighted by Crippen LogP contribution is 2.24. The van der Waals surface area contributed by atoms with Crippen LogP contribution < -0.4 is 5.32 Å². The summed E-state index contributed by atoms with van der Waals surface area (Å²) in [6, 6.07) is 0. The van der Waals surface area contributed by atoms with Gasteiger partial charge in [-0.15, -0.1) is 0 Å². The van der Waals surface area contributed by atoms with E-state index in [2.05, 4.69) is 17.2 Å². The molecule has 0 spiro atoms. The van der Waals surface area contributed by atoms with Crippen molar-refractivity contribution < 1.29 is 4.79 Å². The number of imidazole rings is 1. The first-order valence-corrected chi connectivity index (χ1v) is 7.22. The maximum atomic E-state index is 12.2. The lowest BCUT2D eigenvalue weighted by atomic mass is 9.86. The van der Waals surface area contributed by atoms with Gasteiger partial charge >= 0.3 is 0 Å². The lowest BCUT2D eigenvalue weighted by Gasteiger charge is -2.23. The number of carbonyl (C=O) groups excluding carboxylic acids is 1. The summed E-state index contributed by atoms with van der Waals surface area (Å²) in [5, 5.41) is 2.98. The highest BCUT2D eigenvalue weighted by molar-refractivity contribution is 5.81. The van der Waals surface area contributed by atoms with Gasteiger partial charge < -0.3 is 9.88 Å². The molecule has 19 heavy (non-hydrogen) atoms. The molecule has 0 aromatic carbocycles. The standard InChI is InChI=1S/C15H27N3O/c1-5-6-7-8-9-15(2,3)14(19)17-12-13-16-10-11-18(13)4/h10-11H,5-9,12H2,1-4H3,(H,17,19). The summed E-state index contributed by atoms with van der Waals surface area (Å²) in [6.45, 7) is 6.74. The average molecular weight is 265 g/mol. The summed E-state index contributed by atoms with van der Waals surface area (Å²) in [4.78, 5) is 16.4. The fraction of sp³-hybridized carbons (Fsp3) is 0.733.